The van der Waals surface area contributed by atoms with E-state index in [4.69, 9.17) is 0 Å². The van der Waals surface area contributed by atoms with Crippen LogP contribution in [0.15, 0.2) is 60.7 Å². The number of carbonyl (C=O) groups is 1. The van der Waals surface area contributed by atoms with Crippen molar-refractivity contribution in [2.45, 2.75) is 38.5 Å². The van der Waals surface area contributed by atoms with E-state index in [1.807, 2.05) is 24.3 Å². The number of hydrogen-bond donors (Lipinski definition) is 1. The molecule has 2 aromatic carbocycles. The lowest BCUT2D eigenvalue weighted by Gasteiger charge is -2.45. The molecule has 1 heterocycles. The molecule has 1 N–H and O–H groups in total. The minimum absolute atomic E-state index is 0.0326. The number of rotatable bonds is 6. The largest absolute Gasteiger partial charge is 0.481 e. The molecule has 1 fully saturated rings. The van der Waals surface area contributed by atoms with E-state index in [1.165, 1.54) is 11.1 Å². The minimum atomic E-state index is -0.725. The van der Waals surface area contributed by atoms with Crippen LogP contribution in [0.2, 0.25) is 0 Å². The molecule has 25 heavy (non-hydrogen) atoms. The van der Waals surface area contributed by atoms with Gasteiger partial charge in [-0.25, -0.2) is 0 Å². The van der Waals surface area contributed by atoms with Crippen molar-refractivity contribution >= 4 is 5.97 Å². The molecule has 0 unspecified atom stereocenters. The van der Waals surface area contributed by atoms with E-state index in [2.05, 4.69) is 53.1 Å². The van der Waals surface area contributed by atoms with Crippen molar-refractivity contribution in [1.29, 1.82) is 0 Å². The summed E-state index contributed by atoms with van der Waals surface area (Å²) in [4.78, 5) is 16.1. The van der Waals surface area contributed by atoms with Crippen molar-refractivity contribution in [2.75, 3.05) is 13.1 Å². The van der Waals surface area contributed by atoms with E-state index in [0.29, 0.717) is 6.04 Å². The van der Waals surface area contributed by atoms with Gasteiger partial charge in [0, 0.05) is 38.3 Å². The Labute approximate surface area is 149 Å². The summed E-state index contributed by atoms with van der Waals surface area (Å²) < 4.78 is 0. The molecule has 0 aliphatic carbocycles. The molecule has 1 aliphatic heterocycles. The van der Waals surface area contributed by atoms with Crippen molar-refractivity contribution in [3.05, 3.63) is 71.8 Å². The minimum Gasteiger partial charge on any atom is -0.481 e. The summed E-state index contributed by atoms with van der Waals surface area (Å²) in [6.45, 7) is 5.63. The zero-order chi connectivity index (χ0) is 17.6. The monoisotopic (exact) mass is 338 g/mol. The quantitative estimate of drug-likeness (QED) is 0.878. The number of carboxylic acid groups (broad SMARTS) is 1. The van der Waals surface area contributed by atoms with Crippen molar-refractivity contribution in [3.8, 4) is 0 Å². The third-order valence-electron chi connectivity index (χ3n) is 4.89. The molecule has 0 spiro atoms. The van der Waals surface area contributed by atoms with Gasteiger partial charge in [-0.15, -0.1) is 0 Å². The second-order valence-corrected chi connectivity index (χ2v) is 6.94. The fraction of sp³-hybridized carbons (Fsp3) is 0.381. The van der Waals surface area contributed by atoms with Gasteiger partial charge < -0.3 is 5.11 Å². The van der Waals surface area contributed by atoms with Gasteiger partial charge in [-0.05, 0) is 18.1 Å². The molecule has 1 saturated heterocycles. The Morgan fingerprint density at radius 2 is 1.52 bits per heavy atom. The number of nitrogens with zero attached hydrogens (tertiary/aromatic N) is 2. The Kier molecular flexibility index (Phi) is 5.84. The van der Waals surface area contributed by atoms with E-state index in [9.17, 15) is 9.90 Å². The molecule has 132 valence electrons. The molecule has 0 aromatic heterocycles. The summed E-state index contributed by atoms with van der Waals surface area (Å²) in [6.07, 6.45) is 0.183. The molecule has 3 rings (SSSR count). The van der Waals surface area contributed by atoms with Crippen LogP contribution in [0, 0.1) is 0 Å². The Balaban J connectivity index is 1.72. The van der Waals surface area contributed by atoms with Crippen molar-refractivity contribution in [3.63, 3.8) is 0 Å². The van der Waals surface area contributed by atoms with Crippen molar-refractivity contribution in [1.82, 2.24) is 9.80 Å². The first-order chi connectivity index (χ1) is 12.1. The Bertz CT molecular complexity index is 675. The summed E-state index contributed by atoms with van der Waals surface area (Å²) in [5.41, 5.74) is 2.52. The normalized spacial score (nSPS) is 22.0. The molecule has 0 radical (unpaired) electrons. The summed E-state index contributed by atoms with van der Waals surface area (Å²) in [5.74, 6) is -0.725. The first kappa shape index (κ1) is 17.6. The van der Waals surface area contributed by atoms with Gasteiger partial charge in [-0.1, -0.05) is 60.7 Å². The third kappa shape index (κ3) is 4.91. The zero-order valence-electron chi connectivity index (χ0n) is 14.7. The predicted molar refractivity (Wildman–Crippen MR) is 99.2 cm³/mol. The van der Waals surface area contributed by atoms with Gasteiger partial charge in [0.05, 0.1) is 6.42 Å². The van der Waals surface area contributed by atoms with Gasteiger partial charge >= 0.3 is 5.97 Å². The summed E-state index contributed by atoms with van der Waals surface area (Å²) in [6, 6.07) is 21.1. The van der Waals surface area contributed by atoms with Gasteiger partial charge in [0.1, 0.15) is 0 Å². The smallest absolute Gasteiger partial charge is 0.304 e. The van der Waals surface area contributed by atoms with Crippen LogP contribution < -0.4 is 0 Å². The van der Waals surface area contributed by atoms with Crippen LogP contribution in [0.25, 0.3) is 0 Å². The van der Waals surface area contributed by atoms with E-state index < -0.39 is 5.97 Å². The second-order valence-electron chi connectivity index (χ2n) is 6.94. The summed E-state index contributed by atoms with van der Waals surface area (Å²) >= 11 is 0. The van der Waals surface area contributed by atoms with E-state index in [1.54, 1.807) is 0 Å². The van der Waals surface area contributed by atoms with Gasteiger partial charge in [0.25, 0.3) is 0 Å². The molecular formula is C21H26N2O2. The van der Waals surface area contributed by atoms with Crippen LogP contribution in [-0.2, 0) is 17.9 Å². The number of benzene rings is 2. The maximum Gasteiger partial charge on any atom is 0.304 e. The molecule has 4 heteroatoms. The van der Waals surface area contributed by atoms with Crippen LogP contribution in [0.3, 0.4) is 0 Å². The van der Waals surface area contributed by atoms with Crippen LogP contribution >= 0.6 is 0 Å². The lowest BCUT2D eigenvalue weighted by Crippen LogP contribution is -2.57. The Morgan fingerprint density at radius 1 is 0.960 bits per heavy atom. The fourth-order valence-electron chi connectivity index (χ4n) is 3.75. The standard InChI is InChI=1S/C21H26N2O2/c1-17-13-22(14-18-8-4-2-5-9-18)16-20(12-21(24)25)23(17)15-19-10-6-3-7-11-19/h2-11,17,20H,12-16H2,1H3,(H,24,25)/t17-,20-/m1/s1. The van der Waals surface area contributed by atoms with E-state index in [-0.39, 0.29) is 12.5 Å². The Morgan fingerprint density at radius 3 is 2.08 bits per heavy atom. The summed E-state index contributed by atoms with van der Waals surface area (Å²) in [7, 11) is 0. The van der Waals surface area contributed by atoms with Crippen molar-refractivity contribution < 1.29 is 9.90 Å². The maximum absolute atomic E-state index is 11.4. The zero-order valence-corrected chi connectivity index (χ0v) is 14.7. The molecule has 0 bridgehead atoms. The van der Waals surface area contributed by atoms with Crippen molar-refractivity contribution in [2.24, 2.45) is 0 Å². The number of aliphatic carboxylic acids is 1. The number of hydrogen-bond acceptors (Lipinski definition) is 3. The van der Waals surface area contributed by atoms with Gasteiger partial charge in [0.2, 0.25) is 0 Å². The first-order valence-electron chi connectivity index (χ1n) is 8.89. The van der Waals surface area contributed by atoms with Crippen LogP contribution in [0.1, 0.15) is 24.5 Å². The number of carboxylic acids is 1. The summed E-state index contributed by atoms with van der Waals surface area (Å²) in [5, 5.41) is 9.37. The molecular weight excluding hydrogens is 312 g/mol. The topological polar surface area (TPSA) is 43.8 Å². The average Bonchev–Trinajstić information content (AvgIpc) is 2.59. The van der Waals surface area contributed by atoms with Gasteiger partial charge in [0.15, 0.2) is 0 Å². The maximum atomic E-state index is 11.4. The fourth-order valence-corrected chi connectivity index (χ4v) is 3.75. The molecule has 2 atom stereocenters. The van der Waals surface area contributed by atoms with Gasteiger partial charge in [-0.3, -0.25) is 14.6 Å². The SMILES string of the molecule is C[C@@H]1CN(Cc2ccccc2)C[C@@H](CC(=O)O)N1Cc1ccccc1. The van der Waals surface area contributed by atoms with Crippen LogP contribution in [0.5, 0.6) is 0 Å². The van der Waals surface area contributed by atoms with Gasteiger partial charge in [-0.2, -0.15) is 0 Å². The molecule has 1 aliphatic rings. The molecule has 4 nitrogen and oxygen atoms in total. The van der Waals surface area contributed by atoms with Crippen LogP contribution in [0.4, 0.5) is 0 Å². The van der Waals surface area contributed by atoms with Crippen LogP contribution in [-0.4, -0.2) is 46.0 Å². The highest BCUT2D eigenvalue weighted by atomic mass is 16.4. The highest BCUT2D eigenvalue weighted by Gasteiger charge is 2.33. The molecule has 2 aromatic rings. The van der Waals surface area contributed by atoms with E-state index >= 15 is 0 Å². The highest BCUT2D eigenvalue weighted by molar-refractivity contribution is 5.67. The highest BCUT2D eigenvalue weighted by Crippen LogP contribution is 2.22. The molecule has 0 amide bonds. The second kappa shape index (κ2) is 8.28. The number of piperazine rings is 1. The average molecular weight is 338 g/mol. The third-order valence-corrected chi connectivity index (χ3v) is 4.89. The predicted octanol–water partition coefficient (Wildman–Crippen LogP) is 3.24. The Hall–Kier alpha value is -2.17. The van der Waals surface area contributed by atoms with E-state index in [0.717, 1.165) is 26.2 Å². The molecule has 0 saturated carbocycles. The lowest BCUT2D eigenvalue weighted by atomic mass is 10.0. The first-order valence-corrected chi connectivity index (χ1v) is 8.89. The lowest BCUT2D eigenvalue weighted by molar-refractivity contribution is -0.139.